The van der Waals surface area contributed by atoms with Crippen LogP contribution in [-0.2, 0) is 4.79 Å². The van der Waals surface area contributed by atoms with Gasteiger partial charge in [0, 0.05) is 18.5 Å². The van der Waals surface area contributed by atoms with E-state index in [1.165, 1.54) is 19.3 Å². The molecule has 2 rings (SSSR count). The van der Waals surface area contributed by atoms with Gasteiger partial charge in [-0.15, -0.1) is 0 Å². The van der Waals surface area contributed by atoms with Gasteiger partial charge in [0.15, 0.2) is 0 Å². The van der Waals surface area contributed by atoms with E-state index in [0.717, 1.165) is 38.1 Å². The second-order valence-electron chi connectivity index (χ2n) is 5.15. The van der Waals surface area contributed by atoms with Gasteiger partial charge in [0.2, 0.25) is 5.91 Å². The van der Waals surface area contributed by atoms with E-state index in [0.29, 0.717) is 0 Å². The zero-order chi connectivity index (χ0) is 10.7. The molecule has 0 bridgehead atoms. The molecule has 0 aromatic heterocycles. The van der Waals surface area contributed by atoms with Gasteiger partial charge in [0.25, 0.3) is 0 Å². The molecule has 0 aliphatic heterocycles. The van der Waals surface area contributed by atoms with Crippen molar-refractivity contribution in [1.82, 2.24) is 5.32 Å². The van der Waals surface area contributed by atoms with E-state index >= 15 is 0 Å². The highest BCUT2D eigenvalue weighted by Crippen LogP contribution is 2.31. The van der Waals surface area contributed by atoms with Crippen molar-refractivity contribution in [2.24, 2.45) is 17.6 Å². The third kappa shape index (κ3) is 3.49. The fraction of sp³-hybridized carbons (Fsp3) is 0.917. The van der Waals surface area contributed by atoms with Crippen LogP contribution in [0, 0.1) is 11.8 Å². The number of hydrogen-bond acceptors (Lipinski definition) is 2. The molecule has 15 heavy (non-hydrogen) atoms. The van der Waals surface area contributed by atoms with Crippen molar-refractivity contribution in [3.63, 3.8) is 0 Å². The Hall–Kier alpha value is -0.570. The van der Waals surface area contributed by atoms with Crippen LogP contribution in [0.1, 0.15) is 44.9 Å². The number of nitrogens with one attached hydrogen (secondary N) is 1. The molecule has 2 saturated carbocycles. The quantitative estimate of drug-likeness (QED) is 0.737. The molecule has 1 amide bonds. The first-order valence-corrected chi connectivity index (χ1v) is 6.29. The molecule has 0 radical (unpaired) electrons. The molecule has 2 aliphatic rings. The molecule has 0 aromatic rings. The first-order valence-electron chi connectivity index (χ1n) is 6.29. The van der Waals surface area contributed by atoms with Crippen LogP contribution in [0.15, 0.2) is 0 Å². The highest BCUT2D eigenvalue weighted by Gasteiger charge is 2.26. The van der Waals surface area contributed by atoms with Gasteiger partial charge in [-0.25, -0.2) is 0 Å². The Kier molecular flexibility index (Phi) is 3.62. The zero-order valence-corrected chi connectivity index (χ0v) is 9.37. The summed E-state index contributed by atoms with van der Waals surface area (Å²) in [5.41, 5.74) is 5.87. The van der Waals surface area contributed by atoms with Gasteiger partial charge >= 0.3 is 0 Å². The van der Waals surface area contributed by atoms with Crippen LogP contribution in [0.3, 0.4) is 0 Å². The number of nitrogens with two attached hydrogens (primary N) is 1. The third-order valence-corrected chi connectivity index (χ3v) is 3.63. The first kappa shape index (κ1) is 10.9. The number of rotatable bonds is 4. The molecule has 2 fully saturated rings. The summed E-state index contributed by atoms with van der Waals surface area (Å²) in [5.74, 6) is 1.33. The van der Waals surface area contributed by atoms with Crippen LogP contribution < -0.4 is 11.1 Å². The zero-order valence-electron chi connectivity index (χ0n) is 9.37. The fourth-order valence-corrected chi connectivity index (χ4v) is 2.42. The molecule has 0 aromatic carbocycles. The lowest BCUT2D eigenvalue weighted by Crippen LogP contribution is -2.38. The Labute approximate surface area is 91.8 Å². The van der Waals surface area contributed by atoms with Gasteiger partial charge < -0.3 is 11.1 Å². The summed E-state index contributed by atoms with van der Waals surface area (Å²) in [6.45, 7) is 0.870. The van der Waals surface area contributed by atoms with Gasteiger partial charge in [-0.1, -0.05) is 19.3 Å². The van der Waals surface area contributed by atoms with Gasteiger partial charge in [0.1, 0.15) is 0 Å². The Balaban J connectivity index is 1.64. The molecule has 0 heterocycles. The Morgan fingerprint density at radius 2 is 2.07 bits per heavy atom. The van der Waals surface area contributed by atoms with Crippen molar-refractivity contribution in [3.05, 3.63) is 0 Å². The summed E-state index contributed by atoms with van der Waals surface area (Å²) in [6.07, 6.45) is 8.02. The van der Waals surface area contributed by atoms with Crippen LogP contribution in [0.2, 0.25) is 0 Å². The number of carbonyl (C=O) groups is 1. The second kappa shape index (κ2) is 4.97. The summed E-state index contributed by atoms with van der Waals surface area (Å²) in [6, 6.07) is 0.248. The minimum absolute atomic E-state index is 0.188. The van der Waals surface area contributed by atoms with E-state index in [1.54, 1.807) is 0 Å². The molecular formula is C12H22N2O. The van der Waals surface area contributed by atoms with Crippen LogP contribution >= 0.6 is 0 Å². The van der Waals surface area contributed by atoms with Crippen molar-refractivity contribution in [2.45, 2.75) is 51.0 Å². The summed E-state index contributed by atoms with van der Waals surface area (Å²) in [7, 11) is 0. The fourth-order valence-electron chi connectivity index (χ4n) is 2.42. The topological polar surface area (TPSA) is 55.1 Å². The van der Waals surface area contributed by atoms with E-state index < -0.39 is 0 Å². The largest absolute Gasteiger partial charge is 0.356 e. The van der Waals surface area contributed by atoms with E-state index in [1.807, 2.05) is 0 Å². The third-order valence-electron chi connectivity index (χ3n) is 3.63. The molecule has 2 aliphatic carbocycles. The summed E-state index contributed by atoms with van der Waals surface area (Å²) >= 11 is 0. The molecule has 3 nitrogen and oxygen atoms in total. The highest BCUT2D eigenvalue weighted by atomic mass is 16.1. The minimum Gasteiger partial charge on any atom is -0.356 e. The van der Waals surface area contributed by atoms with Gasteiger partial charge in [-0.3, -0.25) is 4.79 Å². The Morgan fingerprint density at radius 3 is 2.73 bits per heavy atom. The molecule has 86 valence electrons. The van der Waals surface area contributed by atoms with Crippen molar-refractivity contribution >= 4 is 5.91 Å². The maximum absolute atomic E-state index is 11.8. The molecule has 3 heteroatoms. The van der Waals surface area contributed by atoms with Gasteiger partial charge in [-0.2, -0.15) is 0 Å². The number of hydrogen-bond donors (Lipinski definition) is 2. The maximum Gasteiger partial charge on any atom is 0.223 e. The average Bonchev–Trinajstić information content (AvgIpc) is 3.01. The van der Waals surface area contributed by atoms with Crippen LogP contribution in [0.5, 0.6) is 0 Å². The molecular weight excluding hydrogens is 188 g/mol. The van der Waals surface area contributed by atoms with Crippen molar-refractivity contribution in [3.8, 4) is 0 Å². The summed E-state index contributed by atoms with van der Waals surface area (Å²) < 4.78 is 0. The highest BCUT2D eigenvalue weighted by molar-refractivity contribution is 5.78. The van der Waals surface area contributed by atoms with E-state index in [2.05, 4.69) is 5.32 Å². The monoisotopic (exact) mass is 210 g/mol. The standard InChI is InChI=1S/C12H22N2O/c13-11-3-1-2-10(8-11)12(15)14-7-6-9-4-5-9/h9-11H,1-8,13H2,(H,14,15). The maximum atomic E-state index is 11.8. The van der Waals surface area contributed by atoms with E-state index in [4.69, 9.17) is 5.73 Å². The normalized spacial score (nSPS) is 31.3. The van der Waals surface area contributed by atoms with E-state index in [9.17, 15) is 4.79 Å². The predicted molar refractivity (Wildman–Crippen MR) is 60.3 cm³/mol. The Bertz CT molecular complexity index is 226. The molecule has 0 spiro atoms. The lowest BCUT2D eigenvalue weighted by atomic mass is 9.85. The molecule has 2 unspecified atom stereocenters. The Morgan fingerprint density at radius 1 is 1.27 bits per heavy atom. The van der Waals surface area contributed by atoms with Crippen molar-refractivity contribution in [2.75, 3.05) is 6.54 Å². The van der Waals surface area contributed by atoms with Crippen LogP contribution in [0.4, 0.5) is 0 Å². The van der Waals surface area contributed by atoms with Gasteiger partial charge in [-0.05, 0) is 31.6 Å². The SMILES string of the molecule is NC1CCCC(C(=O)NCCC2CC2)C1. The number of carbonyl (C=O) groups excluding carboxylic acids is 1. The summed E-state index contributed by atoms with van der Waals surface area (Å²) in [4.78, 5) is 11.8. The molecule has 2 atom stereocenters. The van der Waals surface area contributed by atoms with Gasteiger partial charge in [0.05, 0.1) is 0 Å². The molecule has 0 saturated heterocycles. The van der Waals surface area contributed by atoms with E-state index in [-0.39, 0.29) is 17.9 Å². The lowest BCUT2D eigenvalue weighted by molar-refractivity contribution is -0.126. The van der Waals surface area contributed by atoms with Crippen molar-refractivity contribution in [1.29, 1.82) is 0 Å². The molecule has 3 N–H and O–H groups in total. The summed E-state index contributed by atoms with van der Waals surface area (Å²) in [5, 5.41) is 3.05. The van der Waals surface area contributed by atoms with Crippen LogP contribution in [0.25, 0.3) is 0 Å². The second-order valence-corrected chi connectivity index (χ2v) is 5.15. The first-order chi connectivity index (χ1) is 7.25. The lowest BCUT2D eigenvalue weighted by Gasteiger charge is -2.25. The minimum atomic E-state index is 0.188. The predicted octanol–water partition coefficient (Wildman–Crippen LogP) is 1.42. The smallest absolute Gasteiger partial charge is 0.223 e. The van der Waals surface area contributed by atoms with Crippen molar-refractivity contribution < 1.29 is 4.79 Å². The van der Waals surface area contributed by atoms with Crippen LogP contribution in [-0.4, -0.2) is 18.5 Å². The average molecular weight is 210 g/mol. The number of amides is 1.